The Labute approximate surface area is 155 Å². The third-order valence-electron chi connectivity index (χ3n) is 4.99. The van der Waals surface area contributed by atoms with E-state index in [9.17, 15) is 14.4 Å². The molecular weight excluding hydrogens is 350 g/mol. The van der Waals surface area contributed by atoms with Gasteiger partial charge in [-0.25, -0.2) is 4.98 Å². The minimum atomic E-state index is -0.312. The molecule has 0 bridgehead atoms. The minimum absolute atomic E-state index is 0.0124. The number of aromatic nitrogens is 1. The van der Waals surface area contributed by atoms with E-state index in [4.69, 9.17) is 0 Å². The lowest BCUT2D eigenvalue weighted by atomic mass is 10.0. The fourth-order valence-corrected chi connectivity index (χ4v) is 4.46. The number of nitrogens with zero attached hydrogens (tertiary/aromatic N) is 3. The summed E-state index contributed by atoms with van der Waals surface area (Å²) in [6.07, 6.45) is 4.86. The van der Waals surface area contributed by atoms with E-state index < -0.39 is 0 Å². The lowest BCUT2D eigenvalue weighted by Gasteiger charge is -2.35. The number of rotatable bonds is 4. The number of hydrogen-bond donors (Lipinski definition) is 0. The second-order valence-corrected chi connectivity index (χ2v) is 7.45. The smallest absolute Gasteiger partial charge is 0.261 e. The fraction of sp³-hybridized carbons (Fsp3) is 0.368. The van der Waals surface area contributed by atoms with Gasteiger partial charge in [0.1, 0.15) is 5.01 Å². The molecule has 26 heavy (non-hydrogen) atoms. The SMILES string of the molecule is O=C1c2ccccc2C(=O)N1CCC(=O)N1CCCCC1c1nccs1. The monoisotopic (exact) mass is 369 g/mol. The number of imide groups is 1. The van der Waals surface area contributed by atoms with Gasteiger partial charge in [0, 0.05) is 31.1 Å². The summed E-state index contributed by atoms with van der Waals surface area (Å²) in [6, 6.07) is 6.80. The van der Waals surface area contributed by atoms with Crippen molar-refractivity contribution in [2.45, 2.75) is 31.7 Å². The lowest BCUT2D eigenvalue weighted by molar-refractivity contribution is -0.135. The topological polar surface area (TPSA) is 70.6 Å². The predicted octanol–water partition coefficient (Wildman–Crippen LogP) is 2.88. The minimum Gasteiger partial charge on any atom is -0.333 e. The summed E-state index contributed by atoms with van der Waals surface area (Å²) in [5.41, 5.74) is 0.840. The molecule has 1 unspecified atom stereocenters. The van der Waals surface area contributed by atoms with Gasteiger partial charge in [0.2, 0.25) is 5.91 Å². The molecule has 3 amide bonds. The Morgan fingerprint density at radius 3 is 2.54 bits per heavy atom. The number of carbonyl (C=O) groups is 3. The summed E-state index contributed by atoms with van der Waals surface area (Å²) in [5, 5.41) is 2.88. The molecule has 0 N–H and O–H groups in total. The number of likely N-dealkylation sites (tertiary alicyclic amines) is 1. The first kappa shape index (κ1) is 16.9. The Kier molecular flexibility index (Phi) is 4.55. The molecule has 0 radical (unpaired) electrons. The van der Waals surface area contributed by atoms with Gasteiger partial charge in [0.25, 0.3) is 11.8 Å². The number of piperidine rings is 1. The normalized spacial score (nSPS) is 19.8. The zero-order chi connectivity index (χ0) is 18.1. The number of thiazole rings is 1. The van der Waals surface area contributed by atoms with E-state index in [0.29, 0.717) is 17.7 Å². The van der Waals surface area contributed by atoms with Gasteiger partial charge < -0.3 is 4.90 Å². The van der Waals surface area contributed by atoms with E-state index in [0.717, 1.165) is 24.3 Å². The van der Waals surface area contributed by atoms with Crippen LogP contribution in [0.4, 0.5) is 0 Å². The van der Waals surface area contributed by atoms with Gasteiger partial charge in [0.15, 0.2) is 0 Å². The number of hydrogen-bond acceptors (Lipinski definition) is 5. The van der Waals surface area contributed by atoms with Crippen LogP contribution in [0.3, 0.4) is 0 Å². The molecule has 134 valence electrons. The largest absolute Gasteiger partial charge is 0.333 e. The van der Waals surface area contributed by atoms with Crippen LogP contribution in [0.2, 0.25) is 0 Å². The van der Waals surface area contributed by atoms with E-state index >= 15 is 0 Å². The molecule has 0 aliphatic carbocycles. The van der Waals surface area contributed by atoms with E-state index in [1.165, 1.54) is 4.90 Å². The molecule has 2 aromatic rings. The second kappa shape index (κ2) is 6.99. The van der Waals surface area contributed by atoms with Crippen LogP contribution >= 0.6 is 11.3 Å². The first-order valence-corrected chi connectivity index (χ1v) is 9.69. The quantitative estimate of drug-likeness (QED) is 0.777. The van der Waals surface area contributed by atoms with Crippen LogP contribution in [0, 0.1) is 0 Å². The number of fused-ring (bicyclic) bond motifs is 1. The number of carbonyl (C=O) groups excluding carboxylic acids is 3. The van der Waals surface area contributed by atoms with Crippen molar-refractivity contribution in [1.82, 2.24) is 14.8 Å². The maximum absolute atomic E-state index is 12.8. The highest BCUT2D eigenvalue weighted by atomic mass is 32.1. The molecule has 1 atom stereocenters. The zero-order valence-corrected chi connectivity index (χ0v) is 15.1. The Morgan fingerprint density at radius 1 is 1.15 bits per heavy atom. The van der Waals surface area contributed by atoms with Crippen LogP contribution in [-0.4, -0.2) is 45.6 Å². The Hall–Kier alpha value is -2.54. The standard InChI is InChI=1S/C19H19N3O3S/c23-16(21-10-4-3-7-15(21)17-20-9-12-26-17)8-11-22-18(24)13-5-1-2-6-14(13)19(22)25/h1-2,5-6,9,12,15H,3-4,7-8,10-11H2. The van der Waals surface area contributed by atoms with Gasteiger partial charge in [-0.2, -0.15) is 0 Å². The van der Waals surface area contributed by atoms with Crippen molar-refractivity contribution >= 4 is 29.1 Å². The van der Waals surface area contributed by atoms with Crippen molar-refractivity contribution < 1.29 is 14.4 Å². The van der Waals surface area contributed by atoms with Crippen molar-refractivity contribution in [2.75, 3.05) is 13.1 Å². The first-order valence-electron chi connectivity index (χ1n) is 8.81. The van der Waals surface area contributed by atoms with E-state index in [-0.39, 0.29) is 36.7 Å². The highest BCUT2D eigenvalue weighted by Gasteiger charge is 2.36. The molecule has 1 fully saturated rings. The lowest BCUT2D eigenvalue weighted by Crippen LogP contribution is -2.41. The molecule has 7 heteroatoms. The van der Waals surface area contributed by atoms with E-state index in [1.807, 2.05) is 10.3 Å². The molecule has 0 spiro atoms. The highest BCUT2D eigenvalue weighted by Crippen LogP contribution is 2.32. The molecular formula is C19H19N3O3S. The third-order valence-corrected chi connectivity index (χ3v) is 5.86. The van der Waals surface area contributed by atoms with Gasteiger partial charge in [-0.15, -0.1) is 11.3 Å². The van der Waals surface area contributed by atoms with Crippen LogP contribution in [-0.2, 0) is 4.79 Å². The Balaban J connectivity index is 1.44. The molecule has 4 rings (SSSR count). The van der Waals surface area contributed by atoms with Gasteiger partial charge in [-0.05, 0) is 31.4 Å². The number of benzene rings is 1. The summed E-state index contributed by atoms with van der Waals surface area (Å²) in [7, 11) is 0. The predicted molar refractivity (Wildman–Crippen MR) is 96.8 cm³/mol. The Bertz CT molecular complexity index is 814. The van der Waals surface area contributed by atoms with Crippen molar-refractivity contribution in [2.24, 2.45) is 0 Å². The molecule has 1 aromatic heterocycles. The average Bonchev–Trinajstić information content (AvgIpc) is 3.29. The molecule has 3 heterocycles. The van der Waals surface area contributed by atoms with Crippen LogP contribution in [0.15, 0.2) is 35.8 Å². The molecule has 0 saturated carbocycles. The summed E-state index contributed by atoms with van der Waals surface area (Å²) in [5.74, 6) is -0.650. The summed E-state index contributed by atoms with van der Waals surface area (Å²) < 4.78 is 0. The van der Waals surface area contributed by atoms with Crippen LogP contribution in [0.25, 0.3) is 0 Å². The molecule has 2 aliphatic rings. The maximum Gasteiger partial charge on any atom is 0.261 e. The third kappa shape index (κ3) is 2.92. The first-order chi connectivity index (χ1) is 12.7. The highest BCUT2D eigenvalue weighted by molar-refractivity contribution is 7.09. The van der Waals surface area contributed by atoms with E-state index in [2.05, 4.69) is 4.98 Å². The average molecular weight is 369 g/mol. The van der Waals surface area contributed by atoms with Gasteiger partial charge in [-0.3, -0.25) is 19.3 Å². The van der Waals surface area contributed by atoms with Crippen LogP contribution in [0.1, 0.15) is 57.4 Å². The van der Waals surface area contributed by atoms with Crippen molar-refractivity contribution in [3.63, 3.8) is 0 Å². The summed E-state index contributed by atoms with van der Waals surface area (Å²) >= 11 is 1.56. The summed E-state index contributed by atoms with van der Waals surface area (Å²) in [4.78, 5) is 45.1. The summed E-state index contributed by atoms with van der Waals surface area (Å²) in [6.45, 7) is 0.817. The molecule has 1 saturated heterocycles. The van der Waals surface area contributed by atoms with Crippen molar-refractivity contribution in [1.29, 1.82) is 0 Å². The van der Waals surface area contributed by atoms with Crippen LogP contribution < -0.4 is 0 Å². The second-order valence-electron chi connectivity index (χ2n) is 6.53. The van der Waals surface area contributed by atoms with Gasteiger partial charge in [0.05, 0.1) is 17.2 Å². The van der Waals surface area contributed by atoms with Crippen molar-refractivity contribution in [3.05, 3.63) is 52.0 Å². The number of amides is 3. The maximum atomic E-state index is 12.8. The van der Waals surface area contributed by atoms with Crippen LogP contribution in [0.5, 0.6) is 0 Å². The fourth-order valence-electron chi connectivity index (χ4n) is 3.68. The molecule has 6 nitrogen and oxygen atoms in total. The van der Waals surface area contributed by atoms with Crippen molar-refractivity contribution in [3.8, 4) is 0 Å². The van der Waals surface area contributed by atoms with E-state index in [1.54, 1.807) is 41.8 Å². The Morgan fingerprint density at radius 2 is 1.88 bits per heavy atom. The van der Waals surface area contributed by atoms with Gasteiger partial charge >= 0.3 is 0 Å². The molecule has 2 aliphatic heterocycles. The molecule has 1 aromatic carbocycles. The zero-order valence-electron chi connectivity index (χ0n) is 14.3. The van der Waals surface area contributed by atoms with Gasteiger partial charge in [-0.1, -0.05) is 12.1 Å².